The van der Waals surface area contributed by atoms with Gasteiger partial charge < -0.3 is 10.2 Å². The van der Waals surface area contributed by atoms with E-state index in [2.05, 4.69) is 22.0 Å². The highest BCUT2D eigenvalue weighted by atomic mass is 35.5. The Morgan fingerprint density at radius 2 is 1.95 bits per heavy atom. The van der Waals surface area contributed by atoms with E-state index < -0.39 is 0 Å². The molecule has 0 saturated carbocycles. The van der Waals surface area contributed by atoms with E-state index in [1.54, 1.807) is 0 Å². The van der Waals surface area contributed by atoms with Gasteiger partial charge in [-0.05, 0) is 45.7 Å². The van der Waals surface area contributed by atoms with Crippen molar-refractivity contribution in [3.63, 3.8) is 0 Å². The Morgan fingerprint density at radius 3 is 2.75 bits per heavy atom. The zero-order chi connectivity index (χ0) is 13.2. The number of nitrogens with one attached hydrogen (secondary N) is 1. The normalized spacial score (nSPS) is 35.0. The van der Waals surface area contributed by atoms with Crippen molar-refractivity contribution >= 4 is 18.3 Å². The summed E-state index contributed by atoms with van der Waals surface area (Å²) >= 11 is 0. The van der Waals surface area contributed by atoms with Gasteiger partial charge in [0.1, 0.15) is 0 Å². The highest BCUT2D eigenvalue weighted by Gasteiger charge is 2.36. The van der Waals surface area contributed by atoms with Gasteiger partial charge in [-0.1, -0.05) is 6.42 Å². The molecule has 3 heterocycles. The predicted octanol–water partition coefficient (Wildman–Crippen LogP) is 1.49. The Balaban J connectivity index is 0.00000147. The van der Waals surface area contributed by atoms with E-state index >= 15 is 0 Å². The van der Waals surface area contributed by atoms with Crippen LogP contribution in [0.1, 0.15) is 39.0 Å². The molecule has 4 nitrogen and oxygen atoms in total. The van der Waals surface area contributed by atoms with Gasteiger partial charge in [-0.3, -0.25) is 9.69 Å². The van der Waals surface area contributed by atoms with Gasteiger partial charge in [0.05, 0.1) is 5.92 Å². The van der Waals surface area contributed by atoms with Gasteiger partial charge in [0.2, 0.25) is 5.91 Å². The zero-order valence-corrected chi connectivity index (χ0v) is 13.3. The summed E-state index contributed by atoms with van der Waals surface area (Å²) in [6.07, 6.45) is 6.17. The lowest BCUT2D eigenvalue weighted by atomic mass is 9.89. The molecule has 5 heteroatoms. The summed E-state index contributed by atoms with van der Waals surface area (Å²) in [5.41, 5.74) is 0. The van der Waals surface area contributed by atoms with Crippen molar-refractivity contribution in [2.45, 2.75) is 51.1 Å². The lowest BCUT2D eigenvalue weighted by Crippen LogP contribution is -2.58. The number of nitrogens with zero attached hydrogens (tertiary/aromatic N) is 2. The molecule has 3 rings (SSSR count). The smallest absolute Gasteiger partial charge is 0.227 e. The SMILES string of the molecule is CC1NCCCC1C(=O)N1CCN2CCCCC2C1.Cl. The molecule has 116 valence electrons. The Morgan fingerprint density at radius 1 is 1.10 bits per heavy atom. The molecular weight excluding hydrogens is 274 g/mol. The van der Waals surface area contributed by atoms with Crippen LogP contribution in [0.3, 0.4) is 0 Å². The van der Waals surface area contributed by atoms with Crippen LogP contribution in [-0.2, 0) is 4.79 Å². The minimum absolute atomic E-state index is 0. The average Bonchev–Trinajstić information content (AvgIpc) is 2.46. The van der Waals surface area contributed by atoms with Gasteiger partial charge in [0, 0.05) is 31.7 Å². The van der Waals surface area contributed by atoms with Crippen molar-refractivity contribution in [3.05, 3.63) is 0 Å². The molecule has 20 heavy (non-hydrogen) atoms. The largest absolute Gasteiger partial charge is 0.340 e. The van der Waals surface area contributed by atoms with Crippen molar-refractivity contribution < 1.29 is 4.79 Å². The zero-order valence-electron chi connectivity index (χ0n) is 12.5. The molecule has 0 spiro atoms. The fourth-order valence-corrected chi connectivity index (χ4v) is 3.97. The number of carbonyl (C=O) groups is 1. The number of carbonyl (C=O) groups excluding carboxylic acids is 1. The first-order chi connectivity index (χ1) is 9.25. The van der Waals surface area contributed by atoms with Gasteiger partial charge in [0.15, 0.2) is 0 Å². The van der Waals surface area contributed by atoms with E-state index in [4.69, 9.17) is 0 Å². The van der Waals surface area contributed by atoms with Crippen LogP contribution in [0.25, 0.3) is 0 Å². The molecule has 0 bridgehead atoms. The van der Waals surface area contributed by atoms with E-state index in [1.807, 2.05) is 0 Å². The number of hydrogen-bond acceptors (Lipinski definition) is 3. The molecule has 3 fully saturated rings. The summed E-state index contributed by atoms with van der Waals surface area (Å²) < 4.78 is 0. The maximum absolute atomic E-state index is 12.7. The third-order valence-electron chi connectivity index (χ3n) is 5.23. The number of halogens is 1. The second kappa shape index (κ2) is 7.10. The number of piperidine rings is 2. The maximum Gasteiger partial charge on any atom is 0.227 e. The molecule has 0 radical (unpaired) electrons. The van der Waals surface area contributed by atoms with E-state index in [0.717, 1.165) is 39.0 Å². The molecule has 3 saturated heterocycles. The van der Waals surface area contributed by atoms with Crippen molar-refractivity contribution in [3.8, 4) is 0 Å². The molecule has 3 unspecified atom stereocenters. The van der Waals surface area contributed by atoms with Crippen LogP contribution in [0.4, 0.5) is 0 Å². The molecule has 1 amide bonds. The van der Waals surface area contributed by atoms with Gasteiger partial charge in [0.25, 0.3) is 0 Å². The molecule has 0 aromatic heterocycles. The Kier molecular flexibility index (Phi) is 5.70. The van der Waals surface area contributed by atoms with E-state index in [0.29, 0.717) is 18.0 Å². The Labute approximate surface area is 128 Å². The van der Waals surface area contributed by atoms with Gasteiger partial charge in [-0.15, -0.1) is 12.4 Å². The minimum atomic E-state index is 0. The third kappa shape index (κ3) is 3.29. The molecule has 3 aliphatic heterocycles. The van der Waals surface area contributed by atoms with Crippen LogP contribution in [-0.4, -0.2) is 60.5 Å². The Bertz CT molecular complexity index is 339. The molecule has 0 aromatic rings. The molecule has 3 aliphatic rings. The summed E-state index contributed by atoms with van der Waals surface area (Å²) in [4.78, 5) is 17.5. The van der Waals surface area contributed by atoms with Crippen LogP contribution in [0.15, 0.2) is 0 Å². The van der Waals surface area contributed by atoms with E-state index in [-0.39, 0.29) is 18.3 Å². The summed E-state index contributed by atoms with van der Waals surface area (Å²) in [6.45, 7) is 7.49. The topological polar surface area (TPSA) is 35.6 Å². The first-order valence-corrected chi connectivity index (χ1v) is 8.02. The number of fused-ring (bicyclic) bond motifs is 1. The lowest BCUT2D eigenvalue weighted by molar-refractivity contribution is -0.140. The van der Waals surface area contributed by atoms with Gasteiger partial charge in [-0.2, -0.15) is 0 Å². The molecular formula is C15H28ClN3O. The molecule has 0 aromatic carbocycles. The van der Waals surface area contributed by atoms with Crippen molar-refractivity contribution in [2.75, 3.05) is 32.7 Å². The van der Waals surface area contributed by atoms with Crippen molar-refractivity contribution in [1.82, 2.24) is 15.1 Å². The lowest BCUT2D eigenvalue weighted by Gasteiger charge is -2.45. The number of piperazine rings is 1. The van der Waals surface area contributed by atoms with Crippen molar-refractivity contribution in [1.29, 1.82) is 0 Å². The number of hydrogen-bond donors (Lipinski definition) is 1. The highest BCUT2D eigenvalue weighted by molar-refractivity contribution is 5.85. The van der Waals surface area contributed by atoms with Crippen molar-refractivity contribution in [2.24, 2.45) is 5.92 Å². The van der Waals surface area contributed by atoms with Crippen LogP contribution in [0, 0.1) is 5.92 Å². The third-order valence-corrected chi connectivity index (χ3v) is 5.23. The highest BCUT2D eigenvalue weighted by Crippen LogP contribution is 2.24. The quantitative estimate of drug-likeness (QED) is 0.797. The van der Waals surface area contributed by atoms with Crippen LogP contribution in [0.2, 0.25) is 0 Å². The molecule has 1 N–H and O–H groups in total. The summed E-state index contributed by atoms with van der Waals surface area (Å²) in [5.74, 6) is 0.619. The Hall–Kier alpha value is -0.320. The fraction of sp³-hybridized carbons (Fsp3) is 0.933. The van der Waals surface area contributed by atoms with Crippen LogP contribution < -0.4 is 5.32 Å². The standard InChI is InChI=1S/C15H27N3O.ClH/c1-12-14(6-4-7-16-12)15(19)18-10-9-17-8-3-2-5-13(17)11-18;/h12-14,16H,2-11H2,1H3;1H. The first-order valence-electron chi connectivity index (χ1n) is 8.02. The average molecular weight is 302 g/mol. The molecule has 0 aliphatic carbocycles. The fourth-order valence-electron chi connectivity index (χ4n) is 3.97. The molecule has 3 atom stereocenters. The van der Waals surface area contributed by atoms with E-state index in [1.165, 1.54) is 25.8 Å². The van der Waals surface area contributed by atoms with Gasteiger partial charge in [-0.25, -0.2) is 0 Å². The number of amides is 1. The van der Waals surface area contributed by atoms with E-state index in [9.17, 15) is 4.79 Å². The summed E-state index contributed by atoms with van der Waals surface area (Å²) in [5, 5.41) is 3.45. The predicted molar refractivity (Wildman–Crippen MR) is 83.2 cm³/mol. The monoisotopic (exact) mass is 301 g/mol. The second-order valence-corrected chi connectivity index (χ2v) is 6.46. The second-order valence-electron chi connectivity index (χ2n) is 6.46. The number of rotatable bonds is 1. The summed E-state index contributed by atoms with van der Waals surface area (Å²) in [6, 6.07) is 0.990. The first kappa shape index (κ1) is 16.1. The summed E-state index contributed by atoms with van der Waals surface area (Å²) in [7, 11) is 0. The minimum Gasteiger partial charge on any atom is -0.340 e. The van der Waals surface area contributed by atoms with Gasteiger partial charge >= 0.3 is 0 Å². The van der Waals surface area contributed by atoms with Crippen LogP contribution in [0.5, 0.6) is 0 Å². The maximum atomic E-state index is 12.7. The van der Waals surface area contributed by atoms with Crippen LogP contribution >= 0.6 is 12.4 Å².